The summed E-state index contributed by atoms with van der Waals surface area (Å²) >= 11 is 0. The van der Waals surface area contributed by atoms with Crippen LogP contribution in [0.25, 0.3) is 0 Å². The van der Waals surface area contributed by atoms with E-state index in [-0.39, 0.29) is 11.7 Å². The first kappa shape index (κ1) is 17.0. The summed E-state index contributed by atoms with van der Waals surface area (Å²) in [7, 11) is 0. The molecular formula is C21H17FN2O3. The summed E-state index contributed by atoms with van der Waals surface area (Å²) in [5, 5.41) is 2.90. The highest BCUT2D eigenvalue weighted by molar-refractivity contribution is 5.98. The summed E-state index contributed by atoms with van der Waals surface area (Å²) in [6.45, 7) is 0.974. The van der Waals surface area contributed by atoms with Crippen molar-refractivity contribution in [3.63, 3.8) is 0 Å². The summed E-state index contributed by atoms with van der Waals surface area (Å²) in [5.74, 6) is -0.0444. The number of benzene rings is 2. The van der Waals surface area contributed by atoms with E-state index < -0.39 is 5.92 Å². The Balaban J connectivity index is 1.64. The Kier molecular flexibility index (Phi) is 4.70. The number of fused-ring (bicyclic) bond motifs is 1. The molecule has 0 saturated carbocycles. The van der Waals surface area contributed by atoms with Gasteiger partial charge in [-0.2, -0.15) is 0 Å². The van der Waals surface area contributed by atoms with Gasteiger partial charge in [-0.25, -0.2) is 4.39 Å². The van der Waals surface area contributed by atoms with Crippen LogP contribution >= 0.6 is 0 Å². The number of nitrogens with one attached hydrogen (secondary N) is 1. The van der Waals surface area contributed by atoms with Crippen molar-refractivity contribution < 1.29 is 18.7 Å². The van der Waals surface area contributed by atoms with E-state index in [0.29, 0.717) is 41.7 Å². The molecule has 2 aromatic carbocycles. The fraction of sp³-hybridized carbons (Fsp3) is 0.143. The van der Waals surface area contributed by atoms with Gasteiger partial charge in [0.2, 0.25) is 5.91 Å². The molecule has 1 aliphatic heterocycles. The first-order valence-electron chi connectivity index (χ1n) is 8.57. The van der Waals surface area contributed by atoms with Crippen molar-refractivity contribution in [1.82, 2.24) is 4.98 Å². The Morgan fingerprint density at radius 1 is 1.00 bits per heavy atom. The highest BCUT2D eigenvalue weighted by atomic mass is 19.1. The highest BCUT2D eigenvalue weighted by Crippen LogP contribution is 2.33. The zero-order valence-corrected chi connectivity index (χ0v) is 14.4. The van der Waals surface area contributed by atoms with E-state index in [2.05, 4.69) is 10.3 Å². The van der Waals surface area contributed by atoms with Crippen molar-refractivity contribution in [1.29, 1.82) is 0 Å². The molecule has 1 amide bonds. The Morgan fingerprint density at radius 3 is 2.52 bits per heavy atom. The first-order valence-corrected chi connectivity index (χ1v) is 8.57. The van der Waals surface area contributed by atoms with E-state index in [0.717, 1.165) is 0 Å². The number of carbonyl (C=O) groups excluding carboxylic acids is 1. The van der Waals surface area contributed by atoms with Crippen LogP contribution in [0.1, 0.15) is 17.2 Å². The average molecular weight is 364 g/mol. The number of anilines is 1. The lowest BCUT2D eigenvalue weighted by Crippen LogP contribution is -2.23. The van der Waals surface area contributed by atoms with Crippen LogP contribution in [-0.4, -0.2) is 24.1 Å². The predicted molar refractivity (Wildman–Crippen MR) is 98.5 cm³/mol. The summed E-state index contributed by atoms with van der Waals surface area (Å²) < 4.78 is 24.4. The summed E-state index contributed by atoms with van der Waals surface area (Å²) in [4.78, 5) is 17.4. The van der Waals surface area contributed by atoms with Crippen molar-refractivity contribution in [3.05, 3.63) is 83.9 Å². The Labute approximate surface area is 155 Å². The highest BCUT2D eigenvalue weighted by Gasteiger charge is 2.24. The maximum Gasteiger partial charge on any atom is 0.237 e. The number of halogens is 1. The van der Waals surface area contributed by atoms with Gasteiger partial charge in [-0.05, 0) is 42.0 Å². The molecule has 136 valence electrons. The second-order valence-corrected chi connectivity index (χ2v) is 6.09. The third kappa shape index (κ3) is 3.74. The quantitative estimate of drug-likeness (QED) is 0.766. The normalized spacial score (nSPS) is 13.7. The molecule has 27 heavy (non-hydrogen) atoms. The van der Waals surface area contributed by atoms with E-state index in [9.17, 15) is 9.18 Å². The maximum atomic E-state index is 13.3. The van der Waals surface area contributed by atoms with Gasteiger partial charge in [0, 0.05) is 18.0 Å². The molecule has 0 aliphatic carbocycles. The number of carbonyl (C=O) groups is 1. The van der Waals surface area contributed by atoms with Gasteiger partial charge in [0.1, 0.15) is 24.9 Å². The predicted octanol–water partition coefficient (Wildman–Crippen LogP) is 3.76. The second-order valence-electron chi connectivity index (χ2n) is 6.09. The van der Waals surface area contributed by atoms with Gasteiger partial charge < -0.3 is 14.8 Å². The summed E-state index contributed by atoms with van der Waals surface area (Å²) in [6.07, 6.45) is 1.63. The van der Waals surface area contributed by atoms with Gasteiger partial charge in [0.15, 0.2) is 11.5 Å². The average Bonchev–Trinajstić information content (AvgIpc) is 2.70. The number of amides is 1. The molecule has 6 heteroatoms. The summed E-state index contributed by atoms with van der Waals surface area (Å²) in [6, 6.07) is 16.5. The van der Waals surface area contributed by atoms with Crippen molar-refractivity contribution in [2.24, 2.45) is 0 Å². The first-order chi connectivity index (χ1) is 13.2. The maximum absolute atomic E-state index is 13.3. The molecule has 1 unspecified atom stereocenters. The minimum absolute atomic E-state index is 0.267. The van der Waals surface area contributed by atoms with Crippen LogP contribution in [0.4, 0.5) is 10.1 Å². The van der Waals surface area contributed by atoms with Crippen molar-refractivity contribution in [2.75, 3.05) is 18.5 Å². The van der Waals surface area contributed by atoms with Gasteiger partial charge in [-0.1, -0.05) is 18.2 Å². The Bertz CT molecular complexity index is 945. The van der Waals surface area contributed by atoms with Crippen molar-refractivity contribution >= 4 is 11.6 Å². The van der Waals surface area contributed by atoms with Crippen LogP contribution in [0.2, 0.25) is 0 Å². The molecular weight excluding hydrogens is 347 g/mol. The Morgan fingerprint density at radius 2 is 1.78 bits per heavy atom. The largest absolute Gasteiger partial charge is 0.486 e. The molecule has 0 saturated heterocycles. The fourth-order valence-electron chi connectivity index (χ4n) is 2.99. The molecule has 1 aromatic heterocycles. The number of hydrogen-bond acceptors (Lipinski definition) is 4. The van der Waals surface area contributed by atoms with E-state index >= 15 is 0 Å². The molecule has 5 nitrogen and oxygen atoms in total. The number of rotatable bonds is 4. The van der Waals surface area contributed by atoms with Crippen LogP contribution in [0.3, 0.4) is 0 Å². The van der Waals surface area contributed by atoms with Crippen LogP contribution < -0.4 is 14.8 Å². The van der Waals surface area contributed by atoms with Crippen LogP contribution in [0.15, 0.2) is 66.9 Å². The van der Waals surface area contributed by atoms with E-state index in [1.54, 1.807) is 48.7 Å². The number of aromatic nitrogens is 1. The third-order valence-electron chi connectivity index (χ3n) is 4.26. The monoisotopic (exact) mass is 364 g/mol. The number of hydrogen-bond donors (Lipinski definition) is 1. The number of nitrogens with zero attached hydrogens (tertiary/aromatic N) is 1. The van der Waals surface area contributed by atoms with Gasteiger partial charge in [0.25, 0.3) is 0 Å². The van der Waals surface area contributed by atoms with Gasteiger partial charge in [0.05, 0.1) is 5.69 Å². The van der Waals surface area contributed by atoms with Crippen LogP contribution in [0.5, 0.6) is 11.5 Å². The van der Waals surface area contributed by atoms with Crippen LogP contribution in [0, 0.1) is 5.82 Å². The van der Waals surface area contributed by atoms with Crippen molar-refractivity contribution in [3.8, 4) is 11.5 Å². The standard InChI is InChI=1S/C21H17FN2O3/c22-15-6-4-14(5-7-15)20(17-3-1-2-10-23-17)21(25)24-16-8-9-18-19(13-16)27-12-11-26-18/h1-10,13,20H,11-12H2,(H,24,25). The SMILES string of the molecule is O=C(Nc1ccc2c(c1)OCCO2)C(c1ccc(F)cc1)c1ccccn1. The molecule has 0 bridgehead atoms. The molecule has 0 fully saturated rings. The van der Waals surface area contributed by atoms with Crippen LogP contribution in [-0.2, 0) is 4.79 Å². The molecule has 3 aromatic rings. The minimum atomic E-state index is -0.667. The molecule has 1 atom stereocenters. The molecule has 2 heterocycles. The Hall–Kier alpha value is -3.41. The van der Waals surface area contributed by atoms with E-state index in [1.165, 1.54) is 12.1 Å². The molecule has 0 radical (unpaired) electrons. The lowest BCUT2D eigenvalue weighted by atomic mass is 9.94. The van der Waals surface area contributed by atoms with Crippen molar-refractivity contribution in [2.45, 2.75) is 5.92 Å². The minimum Gasteiger partial charge on any atom is -0.486 e. The molecule has 1 N–H and O–H groups in total. The van der Waals surface area contributed by atoms with Gasteiger partial charge >= 0.3 is 0 Å². The molecule has 4 rings (SSSR count). The summed E-state index contributed by atoms with van der Waals surface area (Å²) in [5.41, 5.74) is 1.83. The van der Waals surface area contributed by atoms with Gasteiger partial charge in [-0.15, -0.1) is 0 Å². The lowest BCUT2D eigenvalue weighted by Gasteiger charge is -2.20. The van der Waals surface area contributed by atoms with Gasteiger partial charge in [-0.3, -0.25) is 9.78 Å². The lowest BCUT2D eigenvalue weighted by molar-refractivity contribution is -0.116. The zero-order valence-electron chi connectivity index (χ0n) is 14.4. The zero-order chi connectivity index (χ0) is 18.6. The fourth-order valence-corrected chi connectivity index (χ4v) is 2.99. The smallest absolute Gasteiger partial charge is 0.237 e. The molecule has 0 spiro atoms. The van der Waals surface area contributed by atoms with E-state index in [4.69, 9.17) is 9.47 Å². The molecule has 1 aliphatic rings. The van der Waals surface area contributed by atoms with E-state index in [1.807, 2.05) is 6.07 Å². The second kappa shape index (κ2) is 7.45. The topological polar surface area (TPSA) is 60.5 Å². The number of ether oxygens (including phenoxy) is 2. The third-order valence-corrected chi connectivity index (χ3v) is 4.26. The number of pyridine rings is 1.